The zero-order valence-corrected chi connectivity index (χ0v) is 9.93. The molecule has 0 aliphatic heterocycles. The zero-order chi connectivity index (χ0) is 11.4. The van der Waals surface area contributed by atoms with Crippen LogP contribution in [0.2, 0.25) is 0 Å². The Bertz CT molecular complexity index is 416. The molecule has 0 spiro atoms. The molecule has 0 fully saturated rings. The molecule has 0 N–H and O–H groups in total. The summed E-state index contributed by atoms with van der Waals surface area (Å²) in [5, 5.41) is 0. The van der Waals surface area contributed by atoms with Crippen LogP contribution in [0.1, 0.15) is 19.4 Å². The number of hydrogen-bond acceptors (Lipinski definition) is 2. The lowest BCUT2D eigenvalue weighted by Crippen LogP contribution is -2.04. The third-order valence-corrected chi connectivity index (χ3v) is 3.67. The molecule has 0 aromatic heterocycles. The average molecular weight is 222 g/mol. The highest BCUT2D eigenvalue weighted by Crippen LogP contribution is 2.15. The van der Waals surface area contributed by atoms with Crippen molar-refractivity contribution in [1.82, 2.24) is 0 Å². The Morgan fingerprint density at radius 1 is 1.27 bits per heavy atom. The van der Waals surface area contributed by atoms with E-state index in [-0.39, 0.29) is 5.78 Å². The minimum atomic E-state index is -1.35. The fourth-order valence-corrected chi connectivity index (χ4v) is 2.34. The maximum atomic E-state index is 12.0. The van der Waals surface area contributed by atoms with Crippen LogP contribution in [0.4, 0.5) is 0 Å². The third-order valence-electron chi connectivity index (χ3n) is 2.04. The third kappa shape index (κ3) is 2.86. The van der Waals surface area contributed by atoms with Gasteiger partial charge in [0.25, 0.3) is 0 Å². The Balaban J connectivity index is 3.04. The molecule has 0 amide bonds. The highest BCUT2D eigenvalue weighted by molar-refractivity contribution is 7.90. The first-order valence-electron chi connectivity index (χ1n) is 4.72. The second-order valence-corrected chi connectivity index (χ2v) is 4.74. The molecule has 0 saturated carbocycles. The van der Waals surface area contributed by atoms with Crippen LogP contribution in [0.5, 0.6) is 0 Å². The van der Waals surface area contributed by atoms with Crippen LogP contribution in [-0.2, 0) is 15.6 Å². The molecule has 0 unspecified atom stereocenters. The van der Waals surface area contributed by atoms with E-state index in [0.717, 1.165) is 5.56 Å². The van der Waals surface area contributed by atoms with Gasteiger partial charge in [0, 0.05) is 4.90 Å². The molecule has 0 heterocycles. The first-order valence-corrected chi connectivity index (χ1v) is 5.87. The summed E-state index contributed by atoms with van der Waals surface area (Å²) in [7, 11) is -1.35. The van der Waals surface area contributed by atoms with E-state index in [1.807, 2.05) is 19.1 Å². The van der Waals surface area contributed by atoms with Gasteiger partial charge in [0.1, 0.15) is 0 Å². The summed E-state index contributed by atoms with van der Waals surface area (Å²) in [4.78, 5) is 12.2. The van der Waals surface area contributed by atoms with E-state index >= 15 is 0 Å². The molecule has 80 valence electrons. The van der Waals surface area contributed by atoms with E-state index in [1.54, 1.807) is 25.1 Å². The van der Waals surface area contributed by atoms with Crippen molar-refractivity contribution in [2.45, 2.75) is 25.7 Å². The molecule has 0 aliphatic rings. The molecular formula is C12H14O2S. The van der Waals surface area contributed by atoms with Gasteiger partial charge in [-0.15, -0.1) is 0 Å². The predicted molar refractivity (Wildman–Crippen MR) is 62.0 cm³/mol. The predicted octanol–water partition coefficient (Wildman–Crippen LogP) is 2.60. The fourth-order valence-electron chi connectivity index (χ4n) is 1.23. The van der Waals surface area contributed by atoms with Crippen LogP contribution in [0.25, 0.3) is 0 Å². The van der Waals surface area contributed by atoms with Crippen molar-refractivity contribution in [1.29, 1.82) is 0 Å². The molecule has 1 atom stereocenters. The monoisotopic (exact) mass is 222 g/mol. The van der Waals surface area contributed by atoms with Crippen molar-refractivity contribution in [3.05, 3.63) is 40.8 Å². The van der Waals surface area contributed by atoms with Gasteiger partial charge in [-0.25, -0.2) is 4.21 Å². The van der Waals surface area contributed by atoms with E-state index in [4.69, 9.17) is 0 Å². The van der Waals surface area contributed by atoms with E-state index < -0.39 is 10.8 Å². The highest BCUT2D eigenvalue weighted by Gasteiger charge is 2.13. The number of carbonyl (C=O) groups excluding carboxylic acids is 1. The number of carbonyl (C=O) groups is 1. The SMILES string of the molecule is C/C=C(\C(C)=O)[S@@](=O)c1ccc(C)cc1. The van der Waals surface area contributed by atoms with Gasteiger partial charge in [0.15, 0.2) is 5.78 Å². The van der Waals surface area contributed by atoms with Crippen LogP contribution in [0.15, 0.2) is 40.1 Å². The Morgan fingerprint density at radius 3 is 2.20 bits per heavy atom. The summed E-state index contributed by atoms with van der Waals surface area (Å²) in [6, 6.07) is 7.36. The quantitative estimate of drug-likeness (QED) is 0.737. The van der Waals surface area contributed by atoms with E-state index in [9.17, 15) is 9.00 Å². The van der Waals surface area contributed by atoms with Crippen LogP contribution >= 0.6 is 0 Å². The molecule has 1 aromatic rings. The van der Waals surface area contributed by atoms with Gasteiger partial charge < -0.3 is 0 Å². The number of aryl methyl sites for hydroxylation is 1. The van der Waals surface area contributed by atoms with Gasteiger partial charge in [-0.05, 0) is 32.9 Å². The van der Waals surface area contributed by atoms with Crippen LogP contribution in [0.3, 0.4) is 0 Å². The molecule has 15 heavy (non-hydrogen) atoms. The lowest BCUT2D eigenvalue weighted by Gasteiger charge is -2.03. The first-order chi connectivity index (χ1) is 7.06. The van der Waals surface area contributed by atoms with Crippen molar-refractivity contribution < 1.29 is 9.00 Å². The van der Waals surface area contributed by atoms with E-state index in [0.29, 0.717) is 9.80 Å². The molecule has 0 aliphatic carbocycles. The van der Waals surface area contributed by atoms with Crippen LogP contribution in [0, 0.1) is 6.92 Å². The lowest BCUT2D eigenvalue weighted by atomic mass is 10.2. The summed E-state index contributed by atoms with van der Waals surface area (Å²) >= 11 is 0. The lowest BCUT2D eigenvalue weighted by molar-refractivity contribution is -0.113. The molecular weight excluding hydrogens is 208 g/mol. The van der Waals surface area contributed by atoms with Gasteiger partial charge in [0.05, 0.1) is 15.7 Å². The largest absolute Gasteiger partial charge is 0.294 e. The maximum absolute atomic E-state index is 12.0. The number of Topliss-reactive ketones (excluding diaryl/α,β-unsaturated/α-hetero) is 1. The second kappa shape index (κ2) is 5.03. The summed E-state index contributed by atoms with van der Waals surface area (Å²) in [5.74, 6) is -0.142. The molecule has 3 heteroatoms. The van der Waals surface area contributed by atoms with Gasteiger partial charge >= 0.3 is 0 Å². The van der Waals surface area contributed by atoms with Crippen molar-refractivity contribution >= 4 is 16.6 Å². The summed E-state index contributed by atoms with van der Waals surface area (Å²) in [6.45, 7) is 5.12. The standard InChI is InChI=1S/C12H14O2S/c1-4-12(10(3)13)15(14)11-7-5-9(2)6-8-11/h4-8H,1-3H3/b12-4+/t15-/m0/s1. The van der Waals surface area contributed by atoms with Gasteiger partial charge in [-0.3, -0.25) is 4.79 Å². The molecule has 1 rings (SSSR count). The van der Waals surface area contributed by atoms with Crippen molar-refractivity contribution in [3.63, 3.8) is 0 Å². The second-order valence-electron chi connectivity index (χ2n) is 3.29. The van der Waals surface area contributed by atoms with Gasteiger partial charge in [-0.2, -0.15) is 0 Å². The minimum Gasteiger partial charge on any atom is -0.294 e. The minimum absolute atomic E-state index is 0.142. The zero-order valence-electron chi connectivity index (χ0n) is 9.11. The number of allylic oxidation sites excluding steroid dienone is 2. The Labute approximate surface area is 92.5 Å². The van der Waals surface area contributed by atoms with Gasteiger partial charge in [0.2, 0.25) is 0 Å². The maximum Gasteiger partial charge on any atom is 0.168 e. The average Bonchev–Trinajstić information content (AvgIpc) is 2.19. The highest BCUT2D eigenvalue weighted by atomic mass is 32.2. The van der Waals surface area contributed by atoms with Crippen molar-refractivity contribution in [2.24, 2.45) is 0 Å². The van der Waals surface area contributed by atoms with Gasteiger partial charge in [-0.1, -0.05) is 23.8 Å². The Morgan fingerprint density at radius 2 is 1.80 bits per heavy atom. The summed E-state index contributed by atoms with van der Waals surface area (Å²) < 4.78 is 12.0. The molecule has 1 aromatic carbocycles. The fraction of sp³-hybridized carbons (Fsp3) is 0.250. The first kappa shape index (κ1) is 11.9. The normalized spacial score (nSPS) is 13.7. The topological polar surface area (TPSA) is 34.1 Å². The van der Waals surface area contributed by atoms with E-state index in [2.05, 4.69) is 0 Å². The van der Waals surface area contributed by atoms with Crippen LogP contribution in [-0.4, -0.2) is 9.99 Å². The molecule has 2 nitrogen and oxygen atoms in total. The Kier molecular flexibility index (Phi) is 3.97. The molecule has 0 bridgehead atoms. The van der Waals surface area contributed by atoms with E-state index in [1.165, 1.54) is 6.92 Å². The molecule has 0 saturated heterocycles. The Hall–Kier alpha value is -1.22. The van der Waals surface area contributed by atoms with Crippen molar-refractivity contribution in [2.75, 3.05) is 0 Å². The number of rotatable bonds is 3. The smallest absolute Gasteiger partial charge is 0.168 e. The number of hydrogen-bond donors (Lipinski definition) is 0. The summed E-state index contributed by atoms with van der Waals surface area (Å²) in [5.41, 5.74) is 1.11. The van der Waals surface area contributed by atoms with Crippen molar-refractivity contribution in [3.8, 4) is 0 Å². The molecule has 0 radical (unpaired) electrons. The number of benzene rings is 1. The summed E-state index contributed by atoms with van der Waals surface area (Å²) in [6.07, 6.45) is 1.61. The number of ketones is 1. The van der Waals surface area contributed by atoms with Crippen LogP contribution < -0.4 is 0 Å².